The summed E-state index contributed by atoms with van der Waals surface area (Å²) in [7, 11) is 0. The Morgan fingerprint density at radius 2 is 2.00 bits per heavy atom. The third-order valence-corrected chi connectivity index (χ3v) is 5.19. The number of halogens is 2. The van der Waals surface area contributed by atoms with Crippen LogP contribution >= 0.6 is 23.2 Å². The van der Waals surface area contributed by atoms with Crippen molar-refractivity contribution < 1.29 is 14.5 Å². The molecule has 0 saturated heterocycles. The van der Waals surface area contributed by atoms with Gasteiger partial charge in [-0.1, -0.05) is 45.6 Å². The van der Waals surface area contributed by atoms with Crippen LogP contribution in [0.1, 0.15) is 53.7 Å². The summed E-state index contributed by atoms with van der Waals surface area (Å²) in [4.78, 5) is 23.0. The van der Waals surface area contributed by atoms with Crippen molar-refractivity contribution in [2.45, 2.75) is 39.2 Å². The van der Waals surface area contributed by atoms with E-state index >= 15 is 0 Å². The topological polar surface area (TPSA) is 60.2 Å². The molecule has 1 heterocycles. The molecular formula is C22H22Cl2N2O3. The third-order valence-electron chi connectivity index (χ3n) is 4.75. The highest BCUT2D eigenvalue weighted by molar-refractivity contribution is 6.34. The van der Waals surface area contributed by atoms with Crippen molar-refractivity contribution in [2.24, 2.45) is 10.3 Å². The van der Waals surface area contributed by atoms with E-state index in [-0.39, 0.29) is 12.2 Å². The number of hydrogen-bond donors (Lipinski definition) is 0. The molecule has 0 radical (unpaired) electrons. The average Bonchev–Trinajstić information content (AvgIpc) is 3.08. The van der Waals surface area contributed by atoms with Gasteiger partial charge in [0.2, 0.25) is 0 Å². The van der Waals surface area contributed by atoms with E-state index in [0.717, 1.165) is 22.4 Å². The van der Waals surface area contributed by atoms with Crippen LogP contribution in [-0.2, 0) is 15.3 Å². The van der Waals surface area contributed by atoms with Crippen LogP contribution in [0, 0.1) is 6.92 Å². The number of Topliss-reactive ketones (excluding diaryl/α,β-unsaturated/α-hetero) is 1. The quantitative estimate of drug-likeness (QED) is 0.309. The van der Waals surface area contributed by atoms with Crippen LogP contribution in [0.3, 0.4) is 0 Å². The maximum atomic E-state index is 12.4. The summed E-state index contributed by atoms with van der Waals surface area (Å²) in [5.74, 6) is -0.0134. The third kappa shape index (κ3) is 4.98. The molecule has 0 amide bonds. The lowest BCUT2D eigenvalue weighted by molar-refractivity contribution is -0.00737. The molecule has 0 aliphatic carbocycles. The van der Waals surface area contributed by atoms with Crippen LogP contribution in [0.4, 0.5) is 0 Å². The van der Waals surface area contributed by atoms with Gasteiger partial charge in [0.15, 0.2) is 11.4 Å². The van der Waals surface area contributed by atoms with Crippen LogP contribution in [-0.4, -0.2) is 24.3 Å². The van der Waals surface area contributed by atoms with Gasteiger partial charge in [-0.3, -0.25) is 4.79 Å². The molecule has 7 heteroatoms. The van der Waals surface area contributed by atoms with E-state index in [1.165, 1.54) is 6.21 Å². The maximum Gasteiger partial charge on any atom is 0.168 e. The van der Waals surface area contributed by atoms with Crippen molar-refractivity contribution in [3.05, 3.63) is 68.7 Å². The predicted octanol–water partition coefficient (Wildman–Crippen LogP) is 5.94. The minimum Gasteiger partial charge on any atom is -0.396 e. The lowest BCUT2D eigenvalue weighted by atomic mass is 9.88. The smallest absolute Gasteiger partial charge is 0.168 e. The molecule has 0 fully saturated rings. The minimum absolute atomic E-state index is 0.0134. The first-order chi connectivity index (χ1) is 13.8. The normalized spacial score (nSPS) is 18.6. The molecule has 0 N–H and O–H groups in total. The predicted molar refractivity (Wildman–Crippen MR) is 116 cm³/mol. The van der Waals surface area contributed by atoms with Crippen molar-refractivity contribution in [2.75, 3.05) is 6.61 Å². The second-order valence-corrected chi connectivity index (χ2v) is 7.93. The van der Waals surface area contributed by atoms with E-state index < -0.39 is 5.60 Å². The highest BCUT2D eigenvalue weighted by Gasteiger charge is 2.37. The Bertz CT molecular complexity index is 968. The second kappa shape index (κ2) is 8.97. The second-order valence-electron chi connectivity index (χ2n) is 7.06. The summed E-state index contributed by atoms with van der Waals surface area (Å²) in [6.07, 6.45) is 2.24. The number of benzene rings is 2. The lowest BCUT2D eigenvalue weighted by Gasteiger charge is -2.22. The van der Waals surface area contributed by atoms with Gasteiger partial charge in [0.1, 0.15) is 6.61 Å². The molecule has 5 nitrogen and oxygen atoms in total. The van der Waals surface area contributed by atoms with Crippen LogP contribution < -0.4 is 0 Å². The van der Waals surface area contributed by atoms with Crippen molar-refractivity contribution in [1.82, 2.24) is 0 Å². The Labute approximate surface area is 180 Å². The molecule has 3 rings (SSSR count). The number of ketones is 1. The summed E-state index contributed by atoms with van der Waals surface area (Å²) in [5.41, 5.74) is 3.47. The number of carbonyl (C=O) groups excluding carboxylic acids is 1. The number of nitrogens with zero attached hydrogens (tertiary/aromatic N) is 2. The van der Waals surface area contributed by atoms with Gasteiger partial charge in [-0.05, 0) is 56.2 Å². The van der Waals surface area contributed by atoms with E-state index in [2.05, 4.69) is 10.3 Å². The van der Waals surface area contributed by atoms with E-state index in [1.54, 1.807) is 6.07 Å². The Balaban J connectivity index is 1.75. The van der Waals surface area contributed by atoms with Gasteiger partial charge in [-0.25, -0.2) is 0 Å². The Kier molecular flexibility index (Phi) is 6.60. The largest absolute Gasteiger partial charge is 0.396 e. The van der Waals surface area contributed by atoms with E-state index in [0.29, 0.717) is 28.6 Å². The molecule has 0 aromatic heterocycles. The number of carbonyl (C=O) groups is 1. The molecule has 0 spiro atoms. The standard InChI is InChI=1S/C22H22Cl2N2O3/c1-4-28-25-8-7-21(27)19-6-5-15(9-14(19)2)20-13-22(3,29-26-20)16-10-17(23)12-18(24)11-16/h5-6,8-12H,4,7,13H2,1-3H3/b25-8-. The number of rotatable bonds is 7. The van der Waals surface area contributed by atoms with Crippen LogP contribution in [0.15, 0.2) is 46.7 Å². The van der Waals surface area contributed by atoms with E-state index in [1.807, 2.05) is 51.1 Å². The maximum absolute atomic E-state index is 12.4. The molecule has 1 aliphatic heterocycles. The van der Waals surface area contributed by atoms with Gasteiger partial charge in [0.25, 0.3) is 0 Å². The van der Waals surface area contributed by atoms with Crippen molar-refractivity contribution in [1.29, 1.82) is 0 Å². The summed E-state index contributed by atoms with van der Waals surface area (Å²) in [6.45, 7) is 6.17. The SMILES string of the molecule is CCO/N=C\CC(=O)c1ccc(C2=NOC(C)(c3cc(Cl)cc(Cl)c3)C2)cc1C. The minimum atomic E-state index is -0.651. The molecule has 0 bridgehead atoms. The highest BCUT2D eigenvalue weighted by Crippen LogP contribution is 2.38. The summed E-state index contributed by atoms with van der Waals surface area (Å²) in [6, 6.07) is 11.0. The number of aryl methyl sites for hydroxylation is 1. The summed E-state index contributed by atoms with van der Waals surface area (Å²) < 4.78 is 0. The molecule has 2 aromatic rings. The summed E-state index contributed by atoms with van der Waals surface area (Å²) >= 11 is 12.3. The fourth-order valence-corrected chi connectivity index (χ4v) is 3.75. The van der Waals surface area contributed by atoms with Crippen molar-refractivity contribution >= 4 is 40.9 Å². The van der Waals surface area contributed by atoms with Crippen molar-refractivity contribution in [3.8, 4) is 0 Å². The lowest BCUT2D eigenvalue weighted by Crippen LogP contribution is -2.22. The fourth-order valence-electron chi connectivity index (χ4n) is 3.22. The molecule has 1 atom stereocenters. The van der Waals surface area contributed by atoms with Crippen molar-refractivity contribution in [3.63, 3.8) is 0 Å². The molecule has 0 saturated carbocycles. The molecule has 2 aromatic carbocycles. The molecule has 152 valence electrons. The van der Waals surface area contributed by atoms with Gasteiger partial charge in [0, 0.05) is 34.0 Å². The van der Waals surface area contributed by atoms with Gasteiger partial charge < -0.3 is 9.68 Å². The Hall–Kier alpha value is -2.37. The zero-order chi connectivity index (χ0) is 21.0. The van der Waals surface area contributed by atoms with Crippen LogP contribution in [0.5, 0.6) is 0 Å². The van der Waals surface area contributed by atoms with Gasteiger partial charge in [0.05, 0.1) is 11.9 Å². The summed E-state index contributed by atoms with van der Waals surface area (Å²) in [5, 5.41) is 9.12. The van der Waals surface area contributed by atoms with E-state index in [4.69, 9.17) is 32.9 Å². The van der Waals surface area contributed by atoms with Crippen LogP contribution in [0.25, 0.3) is 0 Å². The van der Waals surface area contributed by atoms with Gasteiger partial charge in [-0.2, -0.15) is 0 Å². The zero-order valence-electron chi connectivity index (χ0n) is 16.5. The Morgan fingerprint density at radius 3 is 2.66 bits per heavy atom. The first kappa shape index (κ1) is 21.3. The number of hydrogen-bond acceptors (Lipinski definition) is 5. The van der Waals surface area contributed by atoms with Gasteiger partial charge in [-0.15, -0.1) is 0 Å². The fraction of sp³-hybridized carbons (Fsp3) is 0.318. The first-order valence-corrected chi connectivity index (χ1v) is 10.1. The number of oxime groups is 2. The van der Waals surface area contributed by atoms with Crippen LogP contribution in [0.2, 0.25) is 10.0 Å². The molecular weight excluding hydrogens is 411 g/mol. The Morgan fingerprint density at radius 1 is 1.28 bits per heavy atom. The zero-order valence-corrected chi connectivity index (χ0v) is 18.0. The molecule has 1 aliphatic rings. The highest BCUT2D eigenvalue weighted by atomic mass is 35.5. The van der Waals surface area contributed by atoms with E-state index in [9.17, 15) is 4.79 Å². The molecule has 29 heavy (non-hydrogen) atoms. The average molecular weight is 433 g/mol. The molecule has 1 unspecified atom stereocenters. The van der Waals surface area contributed by atoms with Gasteiger partial charge >= 0.3 is 0 Å². The first-order valence-electron chi connectivity index (χ1n) is 9.32. The monoisotopic (exact) mass is 432 g/mol.